The first-order valence-electron chi connectivity index (χ1n) is 7.99. The highest BCUT2D eigenvalue weighted by Gasteiger charge is 2.12. The van der Waals surface area contributed by atoms with Crippen LogP contribution in [0, 0.1) is 6.92 Å². The van der Waals surface area contributed by atoms with Gasteiger partial charge < -0.3 is 0 Å². The lowest BCUT2D eigenvalue weighted by molar-refractivity contribution is 0.101. The second-order valence-electron chi connectivity index (χ2n) is 5.63. The van der Waals surface area contributed by atoms with Crippen LogP contribution in [-0.4, -0.2) is 33.3 Å². The molecule has 138 valence electrons. The van der Waals surface area contributed by atoms with Gasteiger partial charge in [0, 0.05) is 15.6 Å². The second kappa shape index (κ2) is 9.64. The fraction of sp³-hybridized carbons (Fsp3) is 0.158. The summed E-state index contributed by atoms with van der Waals surface area (Å²) in [4.78, 5) is 24.4. The van der Waals surface area contributed by atoms with Crippen LogP contribution in [-0.2, 0) is 0 Å². The maximum Gasteiger partial charge on any atom is 0.175 e. The van der Waals surface area contributed by atoms with Crippen molar-refractivity contribution in [2.75, 3.05) is 11.5 Å². The molecule has 0 unspecified atom stereocenters. The Labute approximate surface area is 178 Å². The van der Waals surface area contributed by atoms with E-state index in [1.54, 1.807) is 12.1 Å². The number of hydrogen-bond donors (Lipinski definition) is 0. The largest absolute Gasteiger partial charge is 0.293 e. The molecular weight excluding hydrogens is 464 g/mol. The van der Waals surface area contributed by atoms with Gasteiger partial charge in [0.2, 0.25) is 0 Å². The summed E-state index contributed by atoms with van der Waals surface area (Å²) in [6.45, 7) is 1.99. The van der Waals surface area contributed by atoms with E-state index in [0.29, 0.717) is 22.6 Å². The van der Waals surface area contributed by atoms with Crippen molar-refractivity contribution in [3.8, 4) is 0 Å². The lowest BCUT2D eigenvalue weighted by Crippen LogP contribution is -2.01. The average molecular weight is 479 g/mol. The van der Waals surface area contributed by atoms with Crippen molar-refractivity contribution in [3.05, 3.63) is 69.7 Å². The van der Waals surface area contributed by atoms with Crippen molar-refractivity contribution in [1.82, 2.24) is 10.2 Å². The quantitative estimate of drug-likeness (QED) is 0.312. The highest BCUT2D eigenvalue weighted by Crippen LogP contribution is 2.29. The molecule has 0 spiro atoms. The van der Waals surface area contributed by atoms with Crippen molar-refractivity contribution < 1.29 is 9.59 Å². The SMILES string of the molecule is Cc1ccc(C(=O)CSc2nnc(SCC(=O)c3ccc(Br)cc3)s2)cc1. The van der Waals surface area contributed by atoms with Crippen molar-refractivity contribution in [3.63, 3.8) is 0 Å². The molecule has 0 radical (unpaired) electrons. The Balaban J connectivity index is 1.49. The Morgan fingerprint density at radius 3 is 1.78 bits per heavy atom. The standard InChI is InChI=1S/C19H15BrN2O2S3/c1-12-2-4-13(5-3-12)16(23)10-25-18-21-22-19(27-18)26-11-17(24)14-6-8-15(20)9-7-14/h2-9H,10-11H2,1H3. The zero-order valence-electron chi connectivity index (χ0n) is 14.3. The summed E-state index contributed by atoms with van der Waals surface area (Å²) in [5.41, 5.74) is 2.50. The summed E-state index contributed by atoms with van der Waals surface area (Å²) in [6, 6.07) is 14.8. The molecule has 0 saturated heterocycles. The van der Waals surface area contributed by atoms with Crippen molar-refractivity contribution in [2.45, 2.75) is 15.6 Å². The average Bonchev–Trinajstić information content (AvgIpc) is 3.13. The van der Waals surface area contributed by atoms with E-state index < -0.39 is 0 Å². The number of carbonyl (C=O) groups excluding carboxylic acids is 2. The lowest BCUT2D eigenvalue weighted by atomic mass is 10.1. The molecule has 0 bridgehead atoms. The second-order valence-corrected chi connectivity index (χ2v) is 9.97. The fourth-order valence-electron chi connectivity index (χ4n) is 2.11. The van der Waals surface area contributed by atoms with Crippen LogP contribution in [0.1, 0.15) is 26.3 Å². The Morgan fingerprint density at radius 1 is 0.852 bits per heavy atom. The minimum atomic E-state index is 0.0476. The van der Waals surface area contributed by atoms with Crippen LogP contribution in [0.4, 0.5) is 0 Å². The molecule has 1 aromatic heterocycles. The third-order valence-electron chi connectivity index (χ3n) is 3.58. The summed E-state index contributed by atoms with van der Waals surface area (Å²) in [6.07, 6.45) is 0. The molecule has 0 aliphatic carbocycles. The Hall–Kier alpha value is -1.48. The summed E-state index contributed by atoms with van der Waals surface area (Å²) in [7, 11) is 0. The first kappa shape index (κ1) is 20.3. The number of rotatable bonds is 8. The molecule has 0 aliphatic heterocycles. The number of benzene rings is 2. The summed E-state index contributed by atoms with van der Waals surface area (Å²) in [5, 5.41) is 8.20. The maximum absolute atomic E-state index is 12.2. The number of carbonyl (C=O) groups is 2. The molecule has 2 aromatic carbocycles. The van der Waals surface area contributed by atoms with Crippen LogP contribution in [0.2, 0.25) is 0 Å². The zero-order chi connectivity index (χ0) is 19.2. The molecule has 0 atom stereocenters. The maximum atomic E-state index is 12.2. The third-order valence-corrected chi connectivity index (χ3v) is 7.30. The monoisotopic (exact) mass is 478 g/mol. The molecule has 0 amide bonds. The molecule has 0 aliphatic rings. The van der Waals surface area contributed by atoms with Crippen molar-refractivity contribution in [1.29, 1.82) is 0 Å². The molecule has 8 heteroatoms. The number of halogens is 1. The number of thioether (sulfide) groups is 2. The molecule has 0 fully saturated rings. The highest BCUT2D eigenvalue weighted by molar-refractivity contribution is 9.10. The number of ketones is 2. The van der Waals surface area contributed by atoms with Gasteiger partial charge in [-0.1, -0.05) is 92.8 Å². The summed E-state index contributed by atoms with van der Waals surface area (Å²) >= 11 is 7.50. The highest BCUT2D eigenvalue weighted by atomic mass is 79.9. The van der Waals surface area contributed by atoms with Gasteiger partial charge in [-0.2, -0.15) is 0 Å². The van der Waals surface area contributed by atoms with Gasteiger partial charge in [0.15, 0.2) is 20.2 Å². The van der Waals surface area contributed by atoms with E-state index in [9.17, 15) is 9.59 Å². The zero-order valence-corrected chi connectivity index (χ0v) is 18.4. The van der Waals surface area contributed by atoms with Crippen LogP contribution < -0.4 is 0 Å². The number of aryl methyl sites for hydroxylation is 1. The van der Waals surface area contributed by atoms with Gasteiger partial charge in [0.25, 0.3) is 0 Å². The molecule has 3 aromatic rings. The Morgan fingerprint density at radius 2 is 1.30 bits per heavy atom. The molecule has 0 saturated carbocycles. The topological polar surface area (TPSA) is 59.9 Å². The van der Waals surface area contributed by atoms with E-state index in [-0.39, 0.29) is 11.6 Å². The normalized spacial score (nSPS) is 10.7. The number of hydrogen-bond acceptors (Lipinski definition) is 7. The summed E-state index contributed by atoms with van der Waals surface area (Å²) < 4.78 is 2.40. The minimum Gasteiger partial charge on any atom is -0.293 e. The first-order valence-corrected chi connectivity index (χ1v) is 11.6. The van der Waals surface area contributed by atoms with E-state index in [1.165, 1.54) is 34.9 Å². The van der Waals surface area contributed by atoms with E-state index in [1.807, 2.05) is 43.3 Å². The summed E-state index contributed by atoms with van der Waals surface area (Å²) in [5.74, 6) is 0.741. The third kappa shape index (κ3) is 6.00. The van der Waals surface area contributed by atoms with Gasteiger partial charge in [-0.05, 0) is 19.1 Å². The Kier molecular flexibility index (Phi) is 7.23. The van der Waals surface area contributed by atoms with E-state index >= 15 is 0 Å². The van der Waals surface area contributed by atoms with Crippen molar-refractivity contribution in [2.24, 2.45) is 0 Å². The van der Waals surface area contributed by atoms with Crippen LogP contribution in [0.15, 0.2) is 61.7 Å². The van der Waals surface area contributed by atoms with E-state index in [0.717, 1.165) is 18.7 Å². The van der Waals surface area contributed by atoms with Gasteiger partial charge in [-0.3, -0.25) is 9.59 Å². The fourth-order valence-corrected chi connectivity index (χ4v) is 5.18. The molecule has 1 heterocycles. The molecule has 3 rings (SSSR count). The number of Topliss-reactive ketones (excluding diaryl/α,β-unsaturated/α-hetero) is 2. The van der Waals surface area contributed by atoms with Gasteiger partial charge in [-0.15, -0.1) is 10.2 Å². The van der Waals surface area contributed by atoms with Gasteiger partial charge in [-0.25, -0.2) is 0 Å². The van der Waals surface area contributed by atoms with Gasteiger partial charge in [0.1, 0.15) is 0 Å². The van der Waals surface area contributed by atoms with Crippen LogP contribution in [0.5, 0.6) is 0 Å². The molecule has 27 heavy (non-hydrogen) atoms. The molecule has 0 N–H and O–H groups in total. The molecule has 4 nitrogen and oxygen atoms in total. The Bertz CT molecular complexity index is 864. The van der Waals surface area contributed by atoms with Gasteiger partial charge in [0.05, 0.1) is 11.5 Å². The predicted octanol–water partition coefficient (Wildman–Crippen LogP) is 5.56. The van der Waals surface area contributed by atoms with Crippen LogP contribution >= 0.6 is 50.8 Å². The lowest BCUT2D eigenvalue weighted by Gasteiger charge is -2.00. The van der Waals surface area contributed by atoms with Crippen LogP contribution in [0.25, 0.3) is 0 Å². The minimum absolute atomic E-state index is 0.0476. The predicted molar refractivity (Wildman–Crippen MR) is 115 cm³/mol. The van der Waals surface area contributed by atoms with Gasteiger partial charge >= 0.3 is 0 Å². The first-order chi connectivity index (χ1) is 13.0. The van der Waals surface area contributed by atoms with E-state index in [4.69, 9.17) is 0 Å². The van der Waals surface area contributed by atoms with Crippen LogP contribution in [0.3, 0.4) is 0 Å². The number of aromatic nitrogens is 2. The van der Waals surface area contributed by atoms with E-state index in [2.05, 4.69) is 26.1 Å². The number of nitrogens with zero attached hydrogens (tertiary/aromatic N) is 2. The smallest absolute Gasteiger partial charge is 0.175 e. The molecular formula is C19H15BrN2O2S3. The van der Waals surface area contributed by atoms with Crippen molar-refractivity contribution >= 4 is 62.4 Å².